The van der Waals surface area contributed by atoms with Crippen LogP contribution in [0.4, 0.5) is 0 Å². The van der Waals surface area contributed by atoms with Crippen molar-refractivity contribution in [1.82, 2.24) is 4.73 Å². The standard InChI is InChI=1S/C27H29NO5S/c1-19-15-23(17-25(21-9-5-3-6-10-21)22-11-7-4-8-12-22)28(27(30)16-19)33-34(31,32)24-14-13-20(2)26(29)18-24/h3,5-6,9-10,13-18,22,29H,4,7-8,11-12H2,1-2H3. The monoisotopic (exact) mass is 479 g/mol. The van der Waals surface area contributed by atoms with Crippen LogP contribution < -0.4 is 9.84 Å². The van der Waals surface area contributed by atoms with E-state index in [-0.39, 0.29) is 10.6 Å². The van der Waals surface area contributed by atoms with Crippen LogP contribution in [0.5, 0.6) is 5.75 Å². The van der Waals surface area contributed by atoms with Gasteiger partial charge in [-0.1, -0.05) is 55.7 Å². The van der Waals surface area contributed by atoms with Gasteiger partial charge in [-0.3, -0.25) is 9.08 Å². The Balaban J connectivity index is 1.82. The van der Waals surface area contributed by atoms with E-state index in [1.54, 1.807) is 19.9 Å². The van der Waals surface area contributed by atoms with E-state index >= 15 is 0 Å². The molecule has 0 saturated heterocycles. The number of rotatable bonds is 6. The minimum Gasteiger partial charge on any atom is -0.508 e. The highest BCUT2D eigenvalue weighted by molar-refractivity contribution is 7.87. The second kappa shape index (κ2) is 9.89. The summed E-state index contributed by atoms with van der Waals surface area (Å²) in [7, 11) is -4.36. The molecule has 2 aromatic carbocycles. The molecule has 1 aliphatic rings. The fourth-order valence-electron chi connectivity index (χ4n) is 4.42. The van der Waals surface area contributed by atoms with E-state index < -0.39 is 15.7 Å². The molecule has 1 heterocycles. The summed E-state index contributed by atoms with van der Waals surface area (Å²) < 4.78 is 32.2. The predicted molar refractivity (Wildman–Crippen MR) is 133 cm³/mol. The lowest BCUT2D eigenvalue weighted by atomic mass is 9.80. The number of pyridine rings is 1. The van der Waals surface area contributed by atoms with Gasteiger partial charge in [-0.25, -0.2) is 0 Å². The molecule has 0 unspecified atom stereocenters. The summed E-state index contributed by atoms with van der Waals surface area (Å²) in [6.07, 6.45) is 7.44. The van der Waals surface area contributed by atoms with Crippen molar-refractivity contribution in [2.45, 2.75) is 50.8 Å². The molecular weight excluding hydrogens is 450 g/mol. The van der Waals surface area contributed by atoms with E-state index in [1.165, 1.54) is 24.6 Å². The maximum Gasteiger partial charge on any atom is 0.357 e. The molecule has 0 amide bonds. The highest BCUT2D eigenvalue weighted by Crippen LogP contribution is 2.36. The van der Waals surface area contributed by atoms with Crippen molar-refractivity contribution in [3.63, 3.8) is 0 Å². The lowest BCUT2D eigenvalue weighted by molar-refractivity contribution is 0.264. The van der Waals surface area contributed by atoms with Gasteiger partial charge in [0, 0.05) is 12.1 Å². The van der Waals surface area contributed by atoms with Crippen LogP contribution in [0, 0.1) is 19.8 Å². The quantitative estimate of drug-likeness (QED) is 0.531. The molecule has 6 nitrogen and oxygen atoms in total. The van der Waals surface area contributed by atoms with E-state index in [9.17, 15) is 18.3 Å². The van der Waals surface area contributed by atoms with Gasteiger partial charge in [0.25, 0.3) is 5.56 Å². The van der Waals surface area contributed by atoms with Crippen LogP contribution in [0.15, 0.2) is 70.4 Å². The summed E-state index contributed by atoms with van der Waals surface area (Å²) in [6, 6.07) is 17.0. The highest BCUT2D eigenvalue weighted by Gasteiger charge is 2.23. The van der Waals surface area contributed by atoms with Crippen LogP contribution in [0.3, 0.4) is 0 Å². The number of aryl methyl sites for hydroxylation is 2. The molecule has 1 N–H and O–H groups in total. The number of benzene rings is 2. The van der Waals surface area contributed by atoms with Gasteiger partial charge in [0.1, 0.15) is 10.6 Å². The number of phenolic OH excluding ortho intramolecular Hbond substituents is 1. The van der Waals surface area contributed by atoms with E-state index in [0.29, 0.717) is 22.7 Å². The van der Waals surface area contributed by atoms with Crippen LogP contribution in [0.25, 0.3) is 11.6 Å². The largest absolute Gasteiger partial charge is 0.508 e. The summed E-state index contributed by atoms with van der Waals surface area (Å²) in [5, 5.41) is 9.97. The van der Waals surface area contributed by atoms with Gasteiger partial charge in [0.2, 0.25) is 0 Å². The van der Waals surface area contributed by atoms with Crippen LogP contribution in [0.2, 0.25) is 0 Å². The van der Waals surface area contributed by atoms with Crippen molar-refractivity contribution in [2.24, 2.45) is 5.92 Å². The third-order valence-electron chi connectivity index (χ3n) is 6.26. The van der Waals surface area contributed by atoms with Crippen LogP contribution in [-0.2, 0) is 10.1 Å². The first kappa shape index (κ1) is 23.8. The molecule has 0 atom stereocenters. The molecule has 0 spiro atoms. The van der Waals surface area contributed by atoms with Gasteiger partial charge in [-0.05, 0) is 73.1 Å². The Morgan fingerprint density at radius 2 is 1.71 bits per heavy atom. The average molecular weight is 480 g/mol. The molecule has 1 aliphatic carbocycles. The average Bonchev–Trinajstić information content (AvgIpc) is 2.82. The fraction of sp³-hybridized carbons (Fsp3) is 0.296. The van der Waals surface area contributed by atoms with E-state index in [2.05, 4.69) is 0 Å². The SMILES string of the molecule is Cc1cc(C=C(c2ccccc2)C2CCCCC2)n(OS(=O)(=O)c2ccc(C)c(O)c2)c(=O)c1. The van der Waals surface area contributed by atoms with Gasteiger partial charge in [-0.15, -0.1) is 4.73 Å². The molecule has 7 heteroatoms. The van der Waals surface area contributed by atoms with E-state index in [4.69, 9.17) is 4.28 Å². The molecule has 0 bridgehead atoms. The Hall–Kier alpha value is -3.32. The second-order valence-electron chi connectivity index (χ2n) is 8.87. The maximum absolute atomic E-state index is 13.0. The normalized spacial score (nSPS) is 15.3. The molecule has 3 aromatic rings. The van der Waals surface area contributed by atoms with E-state index in [1.807, 2.05) is 36.4 Å². The molecule has 0 aliphatic heterocycles. The van der Waals surface area contributed by atoms with Crippen LogP contribution in [0.1, 0.15) is 54.5 Å². The number of phenols is 1. The van der Waals surface area contributed by atoms with Crippen molar-refractivity contribution >= 4 is 21.8 Å². The number of aromatic hydroxyl groups is 1. The van der Waals surface area contributed by atoms with Crippen molar-refractivity contribution in [3.05, 3.63) is 93.4 Å². The first-order valence-corrected chi connectivity index (χ1v) is 12.9. The number of hydrogen-bond acceptors (Lipinski definition) is 5. The number of allylic oxidation sites excluding steroid dienone is 1. The van der Waals surface area contributed by atoms with Crippen molar-refractivity contribution < 1.29 is 17.8 Å². The Bertz CT molecular complexity index is 1370. The van der Waals surface area contributed by atoms with Crippen molar-refractivity contribution in [2.75, 3.05) is 0 Å². The fourth-order valence-corrected chi connectivity index (χ4v) is 5.35. The molecular formula is C27H29NO5S. The third kappa shape index (κ3) is 5.25. The molecule has 1 saturated carbocycles. The van der Waals surface area contributed by atoms with Crippen molar-refractivity contribution in [1.29, 1.82) is 0 Å². The summed E-state index contributed by atoms with van der Waals surface area (Å²) >= 11 is 0. The summed E-state index contributed by atoms with van der Waals surface area (Å²) in [6.45, 7) is 3.45. The first-order valence-electron chi connectivity index (χ1n) is 11.5. The second-order valence-corrected chi connectivity index (χ2v) is 10.4. The van der Waals surface area contributed by atoms with Gasteiger partial charge < -0.3 is 5.11 Å². The minimum atomic E-state index is -4.36. The predicted octanol–water partition coefficient (Wildman–Crippen LogP) is 5.11. The molecule has 0 radical (unpaired) electrons. The smallest absolute Gasteiger partial charge is 0.357 e. The van der Waals surface area contributed by atoms with Gasteiger partial charge >= 0.3 is 10.1 Å². The Labute approximate surface area is 200 Å². The first-order chi connectivity index (χ1) is 16.2. The molecule has 34 heavy (non-hydrogen) atoms. The maximum atomic E-state index is 13.0. The number of hydrogen-bond donors (Lipinski definition) is 1. The van der Waals surface area contributed by atoms with E-state index in [0.717, 1.165) is 47.6 Å². The molecule has 1 aromatic heterocycles. The highest BCUT2D eigenvalue weighted by atomic mass is 32.2. The van der Waals surface area contributed by atoms with Crippen molar-refractivity contribution in [3.8, 4) is 5.75 Å². The minimum absolute atomic E-state index is 0.162. The Morgan fingerprint density at radius 3 is 2.38 bits per heavy atom. The Morgan fingerprint density at radius 1 is 1.00 bits per heavy atom. The number of nitrogens with zero attached hydrogens (tertiary/aromatic N) is 1. The zero-order chi connectivity index (χ0) is 24.3. The van der Waals surface area contributed by atoms with Crippen LogP contribution >= 0.6 is 0 Å². The van der Waals surface area contributed by atoms with Gasteiger partial charge in [0.15, 0.2) is 0 Å². The van der Waals surface area contributed by atoms with Gasteiger partial charge in [-0.2, -0.15) is 8.42 Å². The molecule has 4 rings (SSSR count). The number of aromatic nitrogens is 1. The summed E-state index contributed by atoms with van der Waals surface area (Å²) in [5.41, 5.74) is 3.12. The van der Waals surface area contributed by atoms with Gasteiger partial charge in [0.05, 0.1) is 5.69 Å². The zero-order valence-electron chi connectivity index (χ0n) is 19.4. The molecule has 178 valence electrons. The lowest BCUT2D eigenvalue weighted by Gasteiger charge is -2.25. The molecule has 1 fully saturated rings. The third-order valence-corrected chi connectivity index (χ3v) is 7.44. The summed E-state index contributed by atoms with van der Waals surface area (Å²) in [5.74, 6) is 0.149. The lowest BCUT2D eigenvalue weighted by Crippen LogP contribution is -2.32. The Kier molecular flexibility index (Phi) is 6.93. The topological polar surface area (TPSA) is 85.6 Å². The zero-order valence-corrected chi connectivity index (χ0v) is 20.2. The van der Waals surface area contributed by atoms with Crippen LogP contribution in [-0.4, -0.2) is 18.3 Å². The summed E-state index contributed by atoms with van der Waals surface area (Å²) in [4.78, 5) is 12.7.